The van der Waals surface area contributed by atoms with E-state index in [0.29, 0.717) is 0 Å². The fraction of sp³-hybridized carbons (Fsp3) is 0.308. The van der Waals surface area contributed by atoms with Crippen molar-refractivity contribution in [2.75, 3.05) is 6.54 Å². The zero-order valence-corrected chi connectivity index (χ0v) is 12.3. The molecular weight excluding hydrogens is 314 g/mol. The van der Waals surface area contributed by atoms with E-state index >= 15 is 0 Å². The Kier molecular flexibility index (Phi) is 5.23. The Labute approximate surface area is 120 Å². The summed E-state index contributed by atoms with van der Waals surface area (Å²) in [4.78, 5) is 4.01. The number of aryl methyl sites for hydroxylation is 1. The van der Waals surface area contributed by atoms with Crippen LogP contribution in [0.15, 0.2) is 41.4 Å². The fourth-order valence-corrected chi connectivity index (χ4v) is 2.23. The van der Waals surface area contributed by atoms with Crippen molar-refractivity contribution in [3.8, 4) is 0 Å². The lowest BCUT2D eigenvalue weighted by atomic mass is 10.2. The lowest BCUT2D eigenvalue weighted by molar-refractivity contribution is 0.580. The van der Waals surface area contributed by atoms with Crippen LogP contribution in [0.1, 0.15) is 12.0 Å². The average molecular weight is 329 g/mol. The van der Waals surface area contributed by atoms with Crippen LogP contribution in [0, 0.1) is 0 Å². The zero-order valence-electron chi connectivity index (χ0n) is 9.94. The van der Waals surface area contributed by atoms with E-state index in [2.05, 4.69) is 30.8 Å². The number of imidazole rings is 1. The molecule has 3 nitrogen and oxygen atoms in total. The van der Waals surface area contributed by atoms with Crippen LogP contribution in [0.5, 0.6) is 0 Å². The Morgan fingerprint density at radius 2 is 2.28 bits per heavy atom. The third-order valence-corrected chi connectivity index (χ3v) is 3.86. The standard InChI is InChI=1S/C13H15BrClN3/c14-12-8-11(2-3-13(12)15)9-16-4-1-6-18-7-5-17-10-18/h2-3,5,7-8,10,16H,1,4,6,9H2. The van der Waals surface area contributed by atoms with E-state index in [9.17, 15) is 0 Å². The lowest BCUT2D eigenvalue weighted by Crippen LogP contribution is -2.16. The molecule has 2 rings (SSSR count). The van der Waals surface area contributed by atoms with Gasteiger partial charge in [0.25, 0.3) is 0 Å². The third-order valence-electron chi connectivity index (χ3n) is 2.64. The van der Waals surface area contributed by atoms with E-state index in [0.717, 1.165) is 35.6 Å². The van der Waals surface area contributed by atoms with Gasteiger partial charge in [0.15, 0.2) is 0 Å². The Bertz CT molecular complexity index is 485. The van der Waals surface area contributed by atoms with Gasteiger partial charge in [-0.2, -0.15) is 0 Å². The monoisotopic (exact) mass is 327 g/mol. The Balaban J connectivity index is 1.67. The normalized spacial score (nSPS) is 10.8. The number of benzene rings is 1. The van der Waals surface area contributed by atoms with Crippen molar-refractivity contribution in [3.63, 3.8) is 0 Å². The Morgan fingerprint density at radius 1 is 1.39 bits per heavy atom. The van der Waals surface area contributed by atoms with Crippen molar-refractivity contribution < 1.29 is 0 Å². The molecule has 0 bridgehead atoms. The molecule has 0 amide bonds. The number of nitrogens with one attached hydrogen (secondary N) is 1. The number of hydrogen-bond donors (Lipinski definition) is 1. The summed E-state index contributed by atoms with van der Waals surface area (Å²) in [7, 11) is 0. The summed E-state index contributed by atoms with van der Waals surface area (Å²) in [6.07, 6.45) is 6.72. The van der Waals surface area contributed by atoms with Gasteiger partial charge in [-0.25, -0.2) is 4.98 Å². The second kappa shape index (κ2) is 6.92. The van der Waals surface area contributed by atoms with Gasteiger partial charge in [0.2, 0.25) is 0 Å². The van der Waals surface area contributed by atoms with E-state index in [-0.39, 0.29) is 0 Å². The molecule has 0 aliphatic carbocycles. The third kappa shape index (κ3) is 4.12. The second-order valence-corrected chi connectivity index (χ2v) is 5.34. The molecule has 0 saturated heterocycles. The maximum atomic E-state index is 5.95. The van der Waals surface area contributed by atoms with E-state index in [1.54, 1.807) is 6.20 Å². The Morgan fingerprint density at radius 3 is 3.00 bits per heavy atom. The van der Waals surface area contributed by atoms with Gasteiger partial charge in [-0.3, -0.25) is 0 Å². The first-order valence-corrected chi connectivity index (χ1v) is 7.03. The van der Waals surface area contributed by atoms with Gasteiger partial charge in [0.1, 0.15) is 0 Å². The lowest BCUT2D eigenvalue weighted by Gasteiger charge is -2.06. The molecule has 1 heterocycles. The molecule has 0 radical (unpaired) electrons. The summed E-state index contributed by atoms with van der Waals surface area (Å²) >= 11 is 9.37. The predicted octanol–water partition coefficient (Wildman–Crippen LogP) is 3.48. The molecule has 2 aromatic rings. The number of halogens is 2. The number of nitrogens with zero attached hydrogens (tertiary/aromatic N) is 2. The number of hydrogen-bond acceptors (Lipinski definition) is 2. The van der Waals surface area contributed by atoms with E-state index in [1.807, 2.05) is 30.7 Å². The van der Waals surface area contributed by atoms with Crippen molar-refractivity contribution in [3.05, 3.63) is 52.0 Å². The molecular formula is C13H15BrClN3. The second-order valence-electron chi connectivity index (χ2n) is 4.08. The largest absolute Gasteiger partial charge is 0.337 e. The fourth-order valence-electron chi connectivity index (χ4n) is 1.69. The van der Waals surface area contributed by atoms with Gasteiger partial charge in [0, 0.05) is 30.0 Å². The molecule has 96 valence electrons. The van der Waals surface area contributed by atoms with Crippen LogP contribution in [-0.2, 0) is 13.1 Å². The summed E-state index contributed by atoms with van der Waals surface area (Å²) in [5, 5.41) is 4.16. The van der Waals surface area contributed by atoms with Gasteiger partial charge in [-0.05, 0) is 46.6 Å². The minimum absolute atomic E-state index is 0.749. The smallest absolute Gasteiger partial charge is 0.0945 e. The van der Waals surface area contributed by atoms with Crippen molar-refractivity contribution in [1.82, 2.24) is 14.9 Å². The number of rotatable bonds is 6. The molecule has 18 heavy (non-hydrogen) atoms. The van der Waals surface area contributed by atoms with Crippen molar-refractivity contribution in [2.24, 2.45) is 0 Å². The van der Waals surface area contributed by atoms with Crippen LogP contribution in [0.4, 0.5) is 0 Å². The molecule has 0 unspecified atom stereocenters. The van der Waals surface area contributed by atoms with Crippen molar-refractivity contribution in [2.45, 2.75) is 19.5 Å². The van der Waals surface area contributed by atoms with Crippen molar-refractivity contribution >= 4 is 27.5 Å². The molecule has 1 aromatic carbocycles. The molecule has 5 heteroatoms. The van der Waals surface area contributed by atoms with E-state index < -0.39 is 0 Å². The van der Waals surface area contributed by atoms with Gasteiger partial charge >= 0.3 is 0 Å². The summed E-state index contributed by atoms with van der Waals surface area (Å²) in [5.74, 6) is 0. The maximum Gasteiger partial charge on any atom is 0.0945 e. The topological polar surface area (TPSA) is 29.9 Å². The minimum Gasteiger partial charge on any atom is -0.337 e. The van der Waals surface area contributed by atoms with E-state index in [4.69, 9.17) is 11.6 Å². The van der Waals surface area contributed by atoms with Crippen LogP contribution in [-0.4, -0.2) is 16.1 Å². The van der Waals surface area contributed by atoms with Crippen molar-refractivity contribution in [1.29, 1.82) is 0 Å². The van der Waals surface area contributed by atoms with Gasteiger partial charge in [-0.15, -0.1) is 0 Å². The molecule has 0 fully saturated rings. The minimum atomic E-state index is 0.749. The van der Waals surface area contributed by atoms with E-state index in [1.165, 1.54) is 5.56 Å². The Hall–Kier alpha value is -0.840. The predicted molar refractivity (Wildman–Crippen MR) is 77.7 cm³/mol. The highest BCUT2D eigenvalue weighted by Crippen LogP contribution is 2.22. The first kappa shape index (κ1) is 13.6. The summed E-state index contributed by atoms with van der Waals surface area (Å²) in [6, 6.07) is 6.00. The molecule has 0 saturated carbocycles. The molecule has 1 N–H and O–H groups in total. The summed E-state index contributed by atoms with van der Waals surface area (Å²) in [6.45, 7) is 2.84. The molecule has 0 aliphatic heterocycles. The van der Waals surface area contributed by atoms with Crippen LogP contribution in [0.2, 0.25) is 5.02 Å². The van der Waals surface area contributed by atoms with Gasteiger partial charge in [-0.1, -0.05) is 17.7 Å². The maximum absolute atomic E-state index is 5.95. The van der Waals surface area contributed by atoms with Crippen LogP contribution in [0.25, 0.3) is 0 Å². The zero-order chi connectivity index (χ0) is 12.8. The highest BCUT2D eigenvalue weighted by atomic mass is 79.9. The summed E-state index contributed by atoms with van der Waals surface area (Å²) in [5.41, 5.74) is 1.23. The van der Waals surface area contributed by atoms with Gasteiger partial charge in [0.05, 0.1) is 11.3 Å². The number of aromatic nitrogens is 2. The molecule has 0 aliphatic rings. The molecule has 1 aromatic heterocycles. The molecule has 0 atom stereocenters. The van der Waals surface area contributed by atoms with Gasteiger partial charge < -0.3 is 9.88 Å². The van der Waals surface area contributed by atoms with Crippen LogP contribution >= 0.6 is 27.5 Å². The van der Waals surface area contributed by atoms with Crippen LogP contribution in [0.3, 0.4) is 0 Å². The highest BCUT2D eigenvalue weighted by molar-refractivity contribution is 9.10. The average Bonchev–Trinajstić information content (AvgIpc) is 2.86. The summed E-state index contributed by atoms with van der Waals surface area (Å²) < 4.78 is 3.03. The SMILES string of the molecule is Clc1ccc(CNCCCn2ccnc2)cc1Br. The first-order valence-electron chi connectivity index (χ1n) is 5.86. The molecule has 0 spiro atoms. The first-order chi connectivity index (χ1) is 8.75. The highest BCUT2D eigenvalue weighted by Gasteiger charge is 1.98. The quantitative estimate of drug-likeness (QED) is 0.823. The van der Waals surface area contributed by atoms with Crippen LogP contribution < -0.4 is 5.32 Å².